The van der Waals surface area contributed by atoms with Crippen LogP contribution < -0.4 is 0 Å². The van der Waals surface area contributed by atoms with Gasteiger partial charge in [-0.15, -0.1) is 0 Å². The quantitative estimate of drug-likeness (QED) is 0.754. The van der Waals surface area contributed by atoms with Crippen molar-refractivity contribution in [2.75, 3.05) is 20.2 Å². The number of ether oxygens (including phenoxy) is 1. The van der Waals surface area contributed by atoms with Gasteiger partial charge in [0.2, 0.25) is 5.95 Å². The zero-order chi connectivity index (χ0) is 13.2. The molecule has 0 bridgehead atoms. The Morgan fingerprint density at radius 1 is 1.56 bits per heavy atom. The topological polar surface area (TPSA) is 42.4 Å². The largest absolute Gasteiger partial charge is 0.377 e. The van der Waals surface area contributed by atoms with Gasteiger partial charge in [-0.05, 0) is 31.9 Å². The maximum absolute atomic E-state index is 12.7. The van der Waals surface area contributed by atoms with E-state index < -0.39 is 5.95 Å². The minimum absolute atomic E-state index is 0.120. The maximum Gasteiger partial charge on any atom is 0.255 e. The van der Waals surface area contributed by atoms with Crippen molar-refractivity contribution in [2.45, 2.75) is 25.4 Å². The van der Waals surface area contributed by atoms with Gasteiger partial charge in [0, 0.05) is 26.4 Å². The molecular weight excluding hydrogens is 235 g/mol. The van der Waals surface area contributed by atoms with Crippen molar-refractivity contribution < 1.29 is 13.9 Å². The van der Waals surface area contributed by atoms with Crippen LogP contribution in [0.25, 0.3) is 0 Å². The summed E-state index contributed by atoms with van der Waals surface area (Å²) in [6, 6.07) is 2.66. The second kappa shape index (κ2) is 5.02. The van der Waals surface area contributed by atoms with Gasteiger partial charge < -0.3 is 9.64 Å². The number of aromatic nitrogens is 1. The van der Waals surface area contributed by atoms with E-state index in [1.807, 2.05) is 6.92 Å². The summed E-state index contributed by atoms with van der Waals surface area (Å²) in [6.07, 6.45) is 3.12. The van der Waals surface area contributed by atoms with E-state index in [0.717, 1.165) is 12.8 Å². The van der Waals surface area contributed by atoms with E-state index in [1.165, 1.54) is 18.3 Å². The number of carbonyl (C=O) groups excluding carboxylic acids is 1. The number of hydrogen-bond donors (Lipinski definition) is 0. The predicted octanol–water partition coefficient (Wildman–Crippen LogP) is 1.86. The summed E-state index contributed by atoms with van der Waals surface area (Å²) in [5.41, 5.74) is 0.123. The molecule has 2 rings (SSSR count). The van der Waals surface area contributed by atoms with Crippen LogP contribution in [0.4, 0.5) is 4.39 Å². The van der Waals surface area contributed by atoms with Gasteiger partial charge in [-0.25, -0.2) is 4.98 Å². The van der Waals surface area contributed by atoms with Crippen molar-refractivity contribution in [1.29, 1.82) is 0 Å². The first-order valence-corrected chi connectivity index (χ1v) is 6.00. The Morgan fingerprint density at radius 2 is 2.33 bits per heavy atom. The van der Waals surface area contributed by atoms with Crippen LogP contribution in [0.2, 0.25) is 0 Å². The molecule has 1 saturated heterocycles. The number of methoxy groups -OCH3 is 1. The zero-order valence-electron chi connectivity index (χ0n) is 10.6. The molecule has 1 unspecified atom stereocenters. The number of piperidine rings is 1. The van der Waals surface area contributed by atoms with Gasteiger partial charge in [-0.2, -0.15) is 4.39 Å². The fourth-order valence-corrected chi connectivity index (χ4v) is 2.23. The Kier molecular flexibility index (Phi) is 3.61. The number of halogens is 1. The van der Waals surface area contributed by atoms with E-state index in [2.05, 4.69) is 4.98 Å². The maximum atomic E-state index is 12.7. The third-order valence-electron chi connectivity index (χ3n) is 3.41. The minimum atomic E-state index is -0.577. The highest BCUT2D eigenvalue weighted by Gasteiger charge is 2.33. The Hall–Kier alpha value is -1.49. The van der Waals surface area contributed by atoms with Crippen LogP contribution in [0.3, 0.4) is 0 Å². The molecule has 0 radical (unpaired) electrons. The van der Waals surface area contributed by atoms with Gasteiger partial charge in [0.05, 0.1) is 11.2 Å². The van der Waals surface area contributed by atoms with Crippen LogP contribution in [0, 0.1) is 5.95 Å². The van der Waals surface area contributed by atoms with Gasteiger partial charge in [0.25, 0.3) is 5.91 Å². The second-order valence-corrected chi connectivity index (χ2v) is 4.85. The summed E-state index contributed by atoms with van der Waals surface area (Å²) in [5, 5.41) is 0. The first-order valence-electron chi connectivity index (χ1n) is 6.00. The van der Waals surface area contributed by atoms with Gasteiger partial charge in [0.15, 0.2) is 0 Å². The number of likely N-dealkylation sites (tertiary alicyclic amines) is 1. The van der Waals surface area contributed by atoms with Gasteiger partial charge in [0.1, 0.15) is 0 Å². The van der Waals surface area contributed by atoms with Crippen molar-refractivity contribution in [2.24, 2.45) is 0 Å². The normalized spacial score (nSPS) is 24.1. The molecule has 0 spiro atoms. The molecule has 0 N–H and O–H groups in total. The van der Waals surface area contributed by atoms with Crippen molar-refractivity contribution in [3.05, 3.63) is 29.8 Å². The van der Waals surface area contributed by atoms with Crippen LogP contribution in [-0.4, -0.2) is 41.6 Å². The molecule has 0 aliphatic carbocycles. The molecular formula is C13H17FN2O2. The first kappa shape index (κ1) is 13.0. The molecule has 18 heavy (non-hydrogen) atoms. The molecule has 2 heterocycles. The van der Waals surface area contributed by atoms with Crippen molar-refractivity contribution in [1.82, 2.24) is 9.88 Å². The highest BCUT2D eigenvalue weighted by molar-refractivity contribution is 5.94. The zero-order valence-corrected chi connectivity index (χ0v) is 10.6. The van der Waals surface area contributed by atoms with Crippen LogP contribution >= 0.6 is 0 Å². The highest BCUT2D eigenvalue weighted by atomic mass is 19.1. The van der Waals surface area contributed by atoms with Crippen molar-refractivity contribution in [3.63, 3.8) is 0 Å². The fraction of sp³-hybridized carbons (Fsp3) is 0.538. The molecule has 4 nitrogen and oxygen atoms in total. The summed E-state index contributed by atoms with van der Waals surface area (Å²) in [5.74, 6) is -0.697. The van der Waals surface area contributed by atoms with E-state index in [9.17, 15) is 9.18 Å². The number of nitrogens with zero attached hydrogens (tertiary/aromatic N) is 2. The van der Waals surface area contributed by atoms with Gasteiger partial charge in [-0.3, -0.25) is 4.79 Å². The molecule has 1 fully saturated rings. The Morgan fingerprint density at radius 3 is 2.94 bits per heavy atom. The molecule has 1 atom stereocenters. The van der Waals surface area contributed by atoms with Gasteiger partial charge in [-0.1, -0.05) is 0 Å². The Balaban J connectivity index is 2.11. The molecule has 1 aromatic rings. The Labute approximate surface area is 106 Å². The van der Waals surface area contributed by atoms with Crippen molar-refractivity contribution in [3.8, 4) is 0 Å². The van der Waals surface area contributed by atoms with Crippen LogP contribution in [0.1, 0.15) is 30.1 Å². The lowest BCUT2D eigenvalue weighted by molar-refractivity contribution is -0.0440. The number of pyridine rings is 1. The van der Waals surface area contributed by atoms with E-state index in [0.29, 0.717) is 18.7 Å². The highest BCUT2D eigenvalue weighted by Crippen LogP contribution is 2.24. The summed E-state index contributed by atoms with van der Waals surface area (Å²) in [6.45, 7) is 3.25. The van der Waals surface area contributed by atoms with Crippen LogP contribution in [0.5, 0.6) is 0 Å². The van der Waals surface area contributed by atoms with Crippen LogP contribution in [0.15, 0.2) is 18.3 Å². The molecule has 0 aromatic carbocycles. The smallest absolute Gasteiger partial charge is 0.255 e. The average molecular weight is 252 g/mol. The fourth-order valence-electron chi connectivity index (χ4n) is 2.23. The summed E-state index contributed by atoms with van der Waals surface area (Å²) in [7, 11) is 1.66. The third-order valence-corrected chi connectivity index (χ3v) is 3.41. The molecule has 1 amide bonds. The monoisotopic (exact) mass is 252 g/mol. The summed E-state index contributed by atoms with van der Waals surface area (Å²) >= 11 is 0. The van der Waals surface area contributed by atoms with Crippen LogP contribution in [-0.2, 0) is 4.74 Å². The predicted molar refractivity (Wildman–Crippen MR) is 64.7 cm³/mol. The van der Waals surface area contributed by atoms with E-state index in [4.69, 9.17) is 4.74 Å². The first-order chi connectivity index (χ1) is 8.54. The number of carbonyl (C=O) groups is 1. The lowest BCUT2D eigenvalue weighted by atomic mass is 9.94. The molecule has 98 valence electrons. The second-order valence-electron chi connectivity index (χ2n) is 4.85. The number of amides is 1. The average Bonchev–Trinajstić information content (AvgIpc) is 2.39. The summed E-state index contributed by atoms with van der Waals surface area (Å²) in [4.78, 5) is 17.5. The number of rotatable bonds is 2. The van der Waals surface area contributed by atoms with E-state index in [1.54, 1.807) is 12.0 Å². The molecule has 5 heteroatoms. The lowest BCUT2D eigenvalue weighted by Crippen LogP contribution is -2.49. The molecule has 1 aliphatic heterocycles. The Bertz CT molecular complexity index is 435. The minimum Gasteiger partial charge on any atom is -0.377 e. The molecule has 1 aromatic heterocycles. The standard InChI is InChI=1S/C13H17FN2O2/c1-13(18-2)6-3-7-16(9-13)12(17)10-4-5-11(14)15-8-10/h4-5,8H,3,6-7,9H2,1-2H3. The number of hydrogen-bond acceptors (Lipinski definition) is 3. The van der Waals surface area contributed by atoms with E-state index in [-0.39, 0.29) is 11.5 Å². The summed E-state index contributed by atoms with van der Waals surface area (Å²) < 4.78 is 18.2. The van der Waals surface area contributed by atoms with Gasteiger partial charge >= 0.3 is 0 Å². The molecule has 0 saturated carbocycles. The molecule has 1 aliphatic rings. The van der Waals surface area contributed by atoms with E-state index >= 15 is 0 Å². The van der Waals surface area contributed by atoms with Crippen molar-refractivity contribution >= 4 is 5.91 Å². The third kappa shape index (κ3) is 2.67. The lowest BCUT2D eigenvalue weighted by Gasteiger charge is -2.39. The SMILES string of the molecule is COC1(C)CCCN(C(=O)c2ccc(F)nc2)C1.